The van der Waals surface area contributed by atoms with Crippen molar-refractivity contribution >= 4 is 22.9 Å². The maximum Gasteiger partial charge on any atom is 0.407 e. The predicted octanol–water partition coefficient (Wildman–Crippen LogP) is 4.84. The summed E-state index contributed by atoms with van der Waals surface area (Å²) >= 11 is 0. The van der Waals surface area contributed by atoms with E-state index < -0.39 is 52.5 Å². The number of aryl methyl sites for hydroxylation is 1. The molecule has 2 N–H and O–H groups in total. The molecule has 12 heteroatoms. The highest BCUT2D eigenvalue weighted by atomic mass is 19.1. The lowest BCUT2D eigenvalue weighted by atomic mass is 10.0. The summed E-state index contributed by atoms with van der Waals surface area (Å²) in [5, 5.41) is 20.2. The Hall–Kier alpha value is -4.61. The van der Waals surface area contributed by atoms with Crippen LogP contribution in [0.1, 0.15) is 44.9 Å². The van der Waals surface area contributed by atoms with Crippen molar-refractivity contribution in [2.75, 3.05) is 18.0 Å². The Kier molecular flexibility index (Phi) is 7.10. The summed E-state index contributed by atoms with van der Waals surface area (Å²) in [7, 11) is 0. The number of phenols is 1. The number of hydrogen-bond acceptors (Lipinski definition) is 7. The number of aromatic nitrogens is 4. The van der Waals surface area contributed by atoms with Gasteiger partial charge in [0.15, 0.2) is 11.5 Å². The lowest BCUT2D eigenvalue weighted by Gasteiger charge is -2.44. The number of fused-ring (bicyclic) bond motifs is 1. The SMILES string of the molecule is Cc1ccnc(C(C)C)c1-n1c(=O)nc(N2[C@H](C)CN(C(=O)O)C[C@@H]2C)c2cc(F)c(-c3c(O)cccc3F)nc21. The van der Waals surface area contributed by atoms with Crippen molar-refractivity contribution < 1.29 is 23.8 Å². The van der Waals surface area contributed by atoms with E-state index in [1.807, 2.05) is 13.8 Å². The molecule has 4 heterocycles. The average molecular weight is 565 g/mol. The molecule has 1 aliphatic heterocycles. The fourth-order valence-electron chi connectivity index (χ4n) is 5.61. The van der Waals surface area contributed by atoms with Crippen molar-refractivity contribution in [3.8, 4) is 22.7 Å². The molecule has 0 unspecified atom stereocenters. The van der Waals surface area contributed by atoms with E-state index in [0.717, 1.165) is 12.1 Å². The highest BCUT2D eigenvalue weighted by molar-refractivity contribution is 5.91. The third kappa shape index (κ3) is 4.72. The van der Waals surface area contributed by atoms with Crippen LogP contribution in [-0.4, -0.2) is 65.9 Å². The number of phenolic OH excluding ortho intramolecular Hbond substituents is 1. The van der Waals surface area contributed by atoms with Crippen LogP contribution >= 0.6 is 0 Å². The smallest absolute Gasteiger partial charge is 0.407 e. The summed E-state index contributed by atoms with van der Waals surface area (Å²) in [6.45, 7) is 9.51. The quantitative estimate of drug-likeness (QED) is 0.361. The van der Waals surface area contributed by atoms with E-state index in [4.69, 9.17) is 0 Å². The van der Waals surface area contributed by atoms with Crippen LogP contribution in [0.15, 0.2) is 41.3 Å². The molecular formula is C29H30F2N6O4. The van der Waals surface area contributed by atoms with Crippen LogP contribution in [0.3, 0.4) is 0 Å². The van der Waals surface area contributed by atoms with Gasteiger partial charge < -0.3 is 20.0 Å². The second-order valence-corrected chi connectivity index (χ2v) is 10.7. The summed E-state index contributed by atoms with van der Waals surface area (Å²) in [4.78, 5) is 42.0. The van der Waals surface area contributed by atoms with Gasteiger partial charge in [0, 0.05) is 31.4 Å². The molecular weight excluding hydrogens is 534 g/mol. The van der Waals surface area contributed by atoms with Crippen molar-refractivity contribution in [3.05, 3.63) is 69.9 Å². The van der Waals surface area contributed by atoms with Gasteiger partial charge in [0.25, 0.3) is 0 Å². The summed E-state index contributed by atoms with van der Waals surface area (Å²) in [5.74, 6) is -2.29. The van der Waals surface area contributed by atoms with Gasteiger partial charge in [0.05, 0.1) is 22.3 Å². The lowest BCUT2D eigenvalue weighted by molar-refractivity contribution is 0.128. The van der Waals surface area contributed by atoms with Crippen molar-refractivity contribution in [2.45, 2.75) is 52.6 Å². The Morgan fingerprint density at radius 3 is 2.37 bits per heavy atom. The zero-order chi connectivity index (χ0) is 29.7. The third-order valence-electron chi connectivity index (χ3n) is 7.39. The molecule has 0 aliphatic carbocycles. The third-order valence-corrected chi connectivity index (χ3v) is 7.39. The molecule has 10 nitrogen and oxygen atoms in total. The molecule has 41 heavy (non-hydrogen) atoms. The zero-order valence-electron chi connectivity index (χ0n) is 23.3. The van der Waals surface area contributed by atoms with Gasteiger partial charge >= 0.3 is 11.8 Å². The minimum Gasteiger partial charge on any atom is -0.507 e. The van der Waals surface area contributed by atoms with Gasteiger partial charge in [0.1, 0.15) is 23.1 Å². The van der Waals surface area contributed by atoms with E-state index in [0.29, 0.717) is 16.9 Å². The number of carboxylic acid groups (broad SMARTS) is 1. The number of nitrogens with zero attached hydrogens (tertiary/aromatic N) is 6. The molecule has 0 radical (unpaired) electrons. The first-order valence-corrected chi connectivity index (χ1v) is 13.2. The van der Waals surface area contributed by atoms with Gasteiger partial charge in [-0.3, -0.25) is 4.98 Å². The Morgan fingerprint density at radius 1 is 1.07 bits per heavy atom. The molecule has 0 spiro atoms. The van der Waals surface area contributed by atoms with Crippen LogP contribution in [0.2, 0.25) is 0 Å². The predicted molar refractivity (Wildman–Crippen MR) is 150 cm³/mol. The van der Waals surface area contributed by atoms with Crippen molar-refractivity contribution in [2.24, 2.45) is 0 Å². The highest BCUT2D eigenvalue weighted by Crippen LogP contribution is 2.37. The number of hydrogen-bond donors (Lipinski definition) is 2. The Labute approximate surface area is 234 Å². The monoisotopic (exact) mass is 564 g/mol. The molecule has 1 aromatic carbocycles. The molecule has 1 saturated heterocycles. The van der Waals surface area contributed by atoms with E-state index in [1.54, 1.807) is 37.9 Å². The van der Waals surface area contributed by atoms with E-state index in [9.17, 15) is 24.2 Å². The molecule has 5 rings (SSSR count). The number of amides is 1. The number of benzene rings is 1. The Bertz CT molecular complexity index is 1710. The average Bonchev–Trinajstić information content (AvgIpc) is 2.89. The lowest BCUT2D eigenvalue weighted by Crippen LogP contribution is -2.58. The summed E-state index contributed by atoms with van der Waals surface area (Å²) in [5.41, 5.74) is 0.0820. The first kappa shape index (κ1) is 27.9. The molecule has 3 aromatic heterocycles. The first-order valence-electron chi connectivity index (χ1n) is 13.2. The fourth-order valence-corrected chi connectivity index (χ4v) is 5.61. The molecule has 1 aliphatic rings. The molecule has 4 aromatic rings. The molecule has 214 valence electrons. The zero-order valence-corrected chi connectivity index (χ0v) is 23.3. The summed E-state index contributed by atoms with van der Waals surface area (Å²) in [6.07, 6.45) is 0.566. The minimum atomic E-state index is -1.06. The molecule has 2 atom stereocenters. The molecule has 1 amide bonds. The fraction of sp³-hybridized carbons (Fsp3) is 0.345. The van der Waals surface area contributed by atoms with Gasteiger partial charge in [-0.2, -0.15) is 4.98 Å². The van der Waals surface area contributed by atoms with Crippen LogP contribution < -0.4 is 10.6 Å². The van der Waals surface area contributed by atoms with Crippen molar-refractivity contribution in [1.82, 2.24) is 24.4 Å². The largest absolute Gasteiger partial charge is 0.507 e. The normalized spacial score (nSPS) is 17.5. The van der Waals surface area contributed by atoms with Gasteiger partial charge in [-0.25, -0.2) is 27.9 Å². The number of anilines is 1. The second kappa shape index (κ2) is 10.4. The topological polar surface area (TPSA) is 125 Å². The number of halogens is 2. The van der Waals surface area contributed by atoms with Crippen LogP contribution in [0.5, 0.6) is 5.75 Å². The standard InChI is InChI=1S/C29H30F2N6O4/c1-14(2)23-25(15(3)9-10-32-23)37-26-18(11-20(31)24(33-26)22-19(30)7-6-8-21(22)38)27(34-28(37)39)36-16(4)12-35(29(40)41)13-17(36)5/h6-11,14,16-17,38H,12-13H2,1-5H3,(H,40,41)/t16-,17+. The molecule has 1 fully saturated rings. The Morgan fingerprint density at radius 2 is 1.76 bits per heavy atom. The second-order valence-electron chi connectivity index (χ2n) is 10.7. The highest BCUT2D eigenvalue weighted by Gasteiger charge is 2.35. The van der Waals surface area contributed by atoms with E-state index in [1.165, 1.54) is 21.6 Å². The van der Waals surface area contributed by atoms with Crippen molar-refractivity contribution in [1.29, 1.82) is 0 Å². The van der Waals surface area contributed by atoms with Crippen LogP contribution in [0.4, 0.5) is 19.4 Å². The maximum atomic E-state index is 15.8. The van der Waals surface area contributed by atoms with E-state index in [-0.39, 0.29) is 35.9 Å². The molecule has 0 saturated carbocycles. The number of aromatic hydroxyl groups is 1. The number of carbonyl (C=O) groups is 1. The number of pyridine rings is 2. The van der Waals surface area contributed by atoms with E-state index >= 15 is 4.39 Å². The maximum absolute atomic E-state index is 15.8. The van der Waals surface area contributed by atoms with Gasteiger partial charge in [-0.15, -0.1) is 0 Å². The summed E-state index contributed by atoms with van der Waals surface area (Å²) in [6, 6.07) is 5.64. The van der Waals surface area contributed by atoms with Crippen LogP contribution in [0.25, 0.3) is 28.0 Å². The molecule has 0 bridgehead atoms. The number of rotatable bonds is 4. The van der Waals surface area contributed by atoms with Gasteiger partial charge in [-0.05, 0) is 56.5 Å². The van der Waals surface area contributed by atoms with Gasteiger partial charge in [0.2, 0.25) is 0 Å². The summed E-state index contributed by atoms with van der Waals surface area (Å²) < 4.78 is 32.0. The van der Waals surface area contributed by atoms with Crippen LogP contribution in [-0.2, 0) is 0 Å². The van der Waals surface area contributed by atoms with Crippen LogP contribution in [0, 0.1) is 18.6 Å². The number of piperazine rings is 1. The minimum absolute atomic E-state index is 0.00267. The van der Waals surface area contributed by atoms with Crippen molar-refractivity contribution in [3.63, 3.8) is 0 Å². The first-order chi connectivity index (χ1) is 19.4. The van der Waals surface area contributed by atoms with E-state index in [2.05, 4.69) is 15.0 Å². The Balaban J connectivity index is 1.88. The van der Waals surface area contributed by atoms with Gasteiger partial charge in [-0.1, -0.05) is 19.9 Å².